The van der Waals surface area contributed by atoms with Gasteiger partial charge in [-0.2, -0.15) is 0 Å². The van der Waals surface area contributed by atoms with E-state index in [1.807, 2.05) is 30.3 Å². The van der Waals surface area contributed by atoms with E-state index < -0.39 is 29.5 Å². The zero-order valence-corrected chi connectivity index (χ0v) is 20.0. The van der Waals surface area contributed by atoms with Gasteiger partial charge >= 0.3 is 18.2 Å². The molecule has 33 heavy (non-hydrogen) atoms. The van der Waals surface area contributed by atoms with Gasteiger partial charge in [-0.3, -0.25) is 9.69 Å². The van der Waals surface area contributed by atoms with Crippen LogP contribution in [0.15, 0.2) is 42.5 Å². The van der Waals surface area contributed by atoms with E-state index in [4.69, 9.17) is 18.9 Å². The SMILES string of the molecule is CC(C)(C)OC(=O)N1[C@H](/C=C/COC(=O)CCNC(=O)OCc2ccccc2)COC1(C)C. The van der Waals surface area contributed by atoms with E-state index in [2.05, 4.69) is 5.32 Å². The summed E-state index contributed by atoms with van der Waals surface area (Å²) in [5, 5.41) is 2.51. The van der Waals surface area contributed by atoms with Crippen LogP contribution in [-0.4, -0.2) is 60.2 Å². The number of ether oxygens (including phenoxy) is 4. The first kappa shape index (κ1) is 26.2. The molecule has 1 N–H and O–H groups in total. The van der Waals surface area contributed by atoms with Gasteiger partial charge < -0.3 is 24.3 Å². The predicted octanol–water partition coefficient (Wildman–Crippen LogP) is 3.77. The Balaban J connectivity index is 1.68. The second-order valence-electron chi connectivity index (χ2n) is 9.03. The molecule has 2 rings (SSSR count). The fraction of sp³-hybridized carbons (Fsp3) is 0.542. The highest BCUT2D eigenvalue weighted by Gasteiger charge is 2.44. The molecule has 1 heterocycles. The molecule has 1 aliphatic rings. The highest BCUT2D eigenvalue weighted by molar-refractivity contribution is 5.72. The van der Waals surface area contributed by atoms with Crippen molar-refractivity contribution in [2.75, 3.05) is 19.8 Å². The van der Waals surface area contributed by atoms with Crippen LogP contribution in [0.2, 0.25) is 0 Å². The summed E-state index contributed by atoms with van der Waals surface area (Å²) in [5.41, 5.74) is -0.559. The van der Waals surface area contributed by atoms with Crippen molar-refractivity contribution in [3.8, 4) is 0 Å². The summed E-state index contributed by atoms with van der Waals surface area (Å²) in [7, 11) is 0. The van der Waals surface area contributed by atoms with Crippen molar-refractivity contribution < 1.29 is 33.3 Å². The largest absolute Gasteiger partial charge is 0.461 e. The number of hydrogen-bond acceptors (Lipinski definition) is 7. The van der Waals surface area contributed by atoms with Crippen molar-refractivity contribution in [2.24, 2.45) is 0 Å². The monoisotopic (exact) mass is 462 g/mol. The number of benzene rings is 1. The molecular weight excluding hydrogens is 428 g/mol. The summed E-state index contributed by atoms with van der Waals surface area (Å²) >= 11 is 0. The minimum absolute atomic E-state index is 0.0118. The third-order valence-electron chi connectivity index (χ3n) is 4.62. The fourth-order valence-corrected chi connectivity index (χ4v) is 3.11. The molecule has 1 aromatic rings. The molecule has 0 saturated carbocycles. The van der Waals surface area contributed by atoms with E-state index in [9.17, 15) is 14.4 Å². The van der Waals surface area contributed by atoms with Crippen molar-refractivity contribution in [2.45, 2.75) is 65.0 Å². The van der Waals surface area contributed by atoms with Crippen LogP contribution in [0.3, 0.4) is 0 Å². The average molecular weight is 463 g/mol. The van der Waals surface area contributed by atoms with Crippen LogP contribution in [0.5, 0.6) is 0 Å². The number of hydrogen-bond donors (Lipinski definition) is 1. The first-order valence-electron chi connectivity index (χ1n) is 10.9. The Morgan fingerprint density at radius 2 is 1.88 bits per heavy atom. The van der Waals surface area contributed by atoms with E-state index in [1.54, 1.807) is 46.8 Å². The maximum absolute atomic E-state index is 12.6. The number of alkyl carbamates (subject to hydrolysis) is 1. The van der Waals surface area contributed by atoms with Gasteiger partial charge in [0.25, 0.3) is 0 Å². The van der Waals surface area contributed by atoms with E-state index in [1.165, 1.54) is 4.90 Å². The average Bonchev–Trinajstić information content (AvgIpc) is 3.03. The summed E-state index contributed by atoms with van der Waals surface area (Å²) in [4.78, 5) is 37.7. The summed E-state index contributed by atoms with van der Waals surface area (Å²) in [6, 6.07) is 8.96. The molecule has 9 heteroatoms. The quantitative estimate of drug-likeness (QED) is 0.356. The van der Waals surface area contributed by atoms with E-state index in [0.29, 0.717) is 6.61 Å². The molecule has 0 unspecified atom stereocenters. The predicted molar refractivity (Wildman–Crippen MR) is 121 cm³/mol. The van der Waals surface area contributed by atoms with Crippen molar-refractivity contribution in [1.29, 1.82) is 0 Å². The van der Waals surface area contributed by atoms with Crippen molar-refractivity contribution in [3.63, 3.8) is 0 Å². The lowest BCUT2D eigenvalue weighted by atomic mass is 10.2. The van der Waals surface area contributed by atoms with Crippen LogP contribution in [0.4, 0.5) is 9.59 Å². The highest BCUT2D eigenvalue weighted by atomic mass is 16.6. The molecule has 0 bridgehead atoms. The lowest BCUT2D eigenvalue weighted by Crippen LogP contribution is -2.49. The highest BCUT2D eigenvalue weighted by Crippen LogP contribution is 2.29. The molecule has 1 aliphatic heterocycles. The molecule has 1 fully saturated rings. The van der Waals surface area contributed by atoms with Crippen LogP contribution < -0.4 is 5.32 Å². The zero-order valence-electron chi connectivity index (χ0n) is 20.0. The molecule has 1 saturated heterocycles. The first-order chi connectivity index (χ1) is 15.5. The number of carbonyl (C=O) groups excluding carboxylic acids is 3. The number of rotatable bonds is 8. The first-order valence-corrected chi connectivity index (χ1v) is 10.9. The standard InChI is InChI=1S/C24H34N2O7/c1-23(2,3)33-22(29)26-19(17-32-24(26,4)5)12-9-15-30-20(27)13-14-25-21(28)31-16-18-10-7-6-8-11-18/h6-12,19H,13-17H2,1-5H3,(H,25,28)/b12-9+/t19-/m1/s1. The topological polar surface area (TPSA) is 103 Å². The van der Waals surface area contributed by atoms with Crippen LogP contribution in [0.25, 0.3) is 0 Å². The Morgan fingerprint density at radius 1 is 1.18 bits per heavy atom. The van der Waals surface area contributed by atoms with Crippen LogP contribution in [-0.2, 0) is 30.3 Å². The number of amides is 2. The molecule has 9 nitrogen and oxygen atoms in total. The van der Waals surface area contributed by atoms with Crippen LogP contribution in [0.1, 0.15) is 46.6 Å². The molecule has 182 valence electrons. The van der Waals surface area contributed by atoms with Crippen LogP contribution >= 0.6 is 0 Å². The number of nitrogens with zero attached hydrogens (tertiary/aromatic N) is 1. The third kappa shape index (κ3) is 9.13. The minimum Gasteiger partial charge on any atom is -0.461 e. The second kappa shape index (κ2) is 11.7. The number of esters is 1. The summed E-state index contributed by atoms with van der Waals surface area (Å²) in [6.07, 6.45) is 2.36. The van der Waals surface area contributed by atoms with Gasteiger partial charge in [0.05, 0.1) is 19.1 Å². The van der Waals surface area contributed by atoms with Gasteiger partial charge in [0.1, 0.15) is 24.5 Å². The van der Waals surface area contributed by atoms with Crippen molar-refractivity contribution in [3.05, 3.63) is 48.0 Å². The summed E-state index contributed by atoms with van der Waals surface area (Å²) in [5.74, 6) is -0.463. The maximum atomic E-state index is 12.6. The lowest BCUT2D eigenvalue weighted by Gasteiger charge is -2.34. The summed E-state index contributed by atoms with van der Waals surface area (Å²) < 4.78 is 21.4. The Kier molecular flexibility index (Phi) is 9.28. The summed E-state index contributed by atoms with van der Waals surface area (Å²) in [6.45, 7) is 9.61. The number of carbonyl (C=O) groups is 3. The minimum atomic E-state index is -0.811. The van der Waals surface area contributed by atoms with Gasteiger partial charge in [-0.1, -0.05) is 36.4 Å². The van der Waals surface area contributed by atoms with Crippen molar-refractivity contribution >= 4 is 18.2 Å². The normalized spacial score (nSPS) is 17.6. The van der Waals surface area contributed by atoms with Gasteiger partial charge in [-0.15, -0.1) is 0 Å². The zero-order chi connectivity index (χ0) is 24.5. The third-order valence-corrected chi connectivity index (χ3v) is 4.62. The number of nitrogens with one attached hydrogen (secondary N) is 1. The van der Waals surface area contributed by atoms with Gasteiger partial charge in [-0.05, 0) is 46.3 Å². The molecule has 0 aromatic heterocycles. The molecule has 1 aromatic carbocycles. The van der Waals surface area contributed by atoms with E-state index in [-0.39, 0.29) is 32.2 Å². The van der Waals surface area contributed by atoms with Gasteiger partial charge in [0, 0.05) is 6.54 Å². The Hall–Kier alpha value is -3.07. The van der Waals surface area contributed by atoms with Crippen LogP contribution in [0, 0.1) is 0 Å². The fourth-order valence-electron chi connectivity index (χ4n) is 3.11. The molecular formula is C24H34N2O7. The van der Waals surface area contributed by atoms with E-state index in [0.717, 1.165) is 5.56 Å². The van der Waals surface area contributed by atoms with Crippen molar-refractivity contribution in [1.82, 2.24) is 10.2 Å². The molecule has 0 aliphatic carbocycles. The lowest BCUT2D eigenvalue weighted by molar-refractivity contribution is -0.142. The van der Waals surface area contributed by atoms with E-state index >= 15 is 0 Å². The smallest absolute Gasteiger partial charge is 0.413 e. The Morgan fingerprint density at radius 3 is 2.55 bits per heavy atom. The van der Waals surface area contributed by atoms with Gasteiger partial charge in [-0.25, -0.2) is 9.59 Å². The van der Waals surface area contributed by atoms with Gasteiger partial charge in [0.2, 0.25) is 0 Å². The molecule has 0 spiro atoms. The Bertz CT molecular complexity index is 831. The molecule has 0 radical (unpaired) electrons. The molecule has 2 amide bonds. The molecule has 1 atom stereocenters. The maximum Gasteiger partial charge on any atom is 0.413 e. The second-order valence-corrected chi connectivity index (χ2v) is 9.03. The van der Waals surface area contributed by atoms with Gasteiger partial charge in [0.15, 0.2) is 0 Å². The Labute approximate surface area is 195 Å².